The fourth-order valence-corrected chi connectivity index (χ4v) is 6.66. The van der Waals surface area contributed by atoms with Crippen molar-refractivity contribution in [1.29, 1.82) is 0 Å². The highest BCUT2D eigenvalue weighted by molar-refractivity contribution is 5.90. The topological polar surface area (TPSA) is 33.5 Å². The van der Waals surface area contributed by atoms with Crippen LogP contribution in [0.5, 0.6) is 5.75 Å². The third kappa shape index (κ3) is 3.65. The zero-order valence-electron chi connectivity index (χ0n) is 25.4. The van der Waals surface area contributed by atoms with Gasteiger partial charge in [-0.3, -0.25) is 0 Å². The Kier molecular flexibility index (Phi) is 6.16. The monoisotopic (exact) mass is 554 g/mol. The molecule has 1 aliphatic heterocycles. The average Bonchev–Trinajstić information content (AvgIpc) is 3.55. The summed E-state index contributed by atoms with van der Waals surface area (Å²) >= 11 is 0. The number of nitrogens with zero attached hydrogens (tertiary/aromatic N) is 4. The molecule has 0 N–H and O–H groups in total. The molecule has 0 atom stereocenters. The Morgan fingerprint density at radius 3 is 1.90 bits per heavy atom. The molecule has 0 radical (unpaired) electrons. The molecular formula is C37H38N4O. The molecule has 1 spiro atoms. The Morgan fingerprint density at radius 1 is 0.738 bits per heavy atom. The summed E-state index contributed by atoms with van der Waals surface area (Å²) in [5, 5.41) is 5.31. The summed E-state index contributed by atoms with van der Waals surface area (Å²) < 4.78 is 9.49. The van der Waals surface area contributed by atoms with Crippen molar-refractivity contribution >= 4 is 11.4 Å². The quantitative estimate of drug-likeness (QED) is 0.213. The van der Waals surface area contributed by atoms with Crippen LogP contribution in [-0.4, -0.2) is 37.0 Å². The van der Waals surface area contributed by atoms with Gasteiger partial charge in [-0.1, -0.05) is 48.9 Å². The van der Waals surface area contributed by atoms with Crippen LogP contribution in [0.15, 0.2) is 84.9 Å². The van der Waals surface area contributed by atoms with E-state index < -0.39 is 5.60 Å². The van der Waals surface area contributed by atoms with E-state index in [1.807, 2.05) is 0 Å². The fourth-order valence-electron chi connectivity index (χ4n) is 6.66. The third-order valence-corrected chi connectivity index (χ3v) is 9.21. The number of anilines is 2. The van der Waals surface area contributed by atoms with E-state index in [1.165, 1.54) is 39.2 Å². The molecular weight excluding hydrogens is 516 g/mol. The molecule has 2 aliphatic rings. The zero-order valence-corrected chi connectivity index (χ0v) is 25.4. The van der Waals surface area contributed by atoms with Crippen molar-refractivity contribution in [3.8, 4) is 33.8 Å². The molecule has 0 bridgehead atoms. The number of aryl methyl sites for hydroxylation is 2. The smallest absolute Gasteiger partial charge is 0.189 e. The Balaban J connectivity index is 1.59. The maximum absolute atomic E-state index is 7.34. The van der Waals surface area contributed by atoms with Crippen LogP contribution in [0, 0.1) is 6.92 Å². The van der Waals surface area contributed by atoms with Crippen LogP contribution in [0.25, 0.3) is 28.1 Å². The first-order valence-corrected chi connectivity index (χ1v) is 15.1. The van der Waals surface area contributed by atoms with Crippen molar-refractivity contribution in [2.45, 2.75) is 39.7 Å². The minimum atomic E-state index is -0.810. The summed E-state index contributed by atoms with van der Waals surface area (Å²) in [6, 6.07) is 30.9. The van der Waals surface area contributed by atoms with E-state index in [2.05, 4.69) is 141 Å². The first kappa shape index (κ1) is 26.4. The number of aromatic nitrogens is 2. The lowest BCUT2D eigenvalue weighted by molar-refractivity contribution is 0.156. The lowest BCUT2D eigenvalue weighted by Gasteiger charge is -2.38. The van der Waals surface area contributed by atoms with Gasteiger partial charge in [0.05, 0.1) is 22.6 Å². The Labute approximate surface area is 249 Å². The van der Waals surface area contributed by atoms with Crippen molar-refractivity contribution in [1.82, 2.24) is 9.78 Å². The van der Waals surface area contributed by atoms with Crippen LogP contribution in [0.1, 0.15) is 48.7 Å². The van der Waals surface area contributed by atoms with Gasteiger partial charge in [0.15, 0.2) is 5.60 Å². The number of hydrogen-bond acceptors (Lipinski definition) is 4. The first-order chi connectivity index (χ1) is 20.4. The summed E-state index contributed by atoms with van der Waals surface area (Å²) in [6.07, 6.45) is 0.798. The second-order valence-corrected chi connectivity index (χ2v) is 11.5. The molecule has 4 aromatic carbocycles. The largest absolute Gasteiger partial charge is 0.472 e. The molecule has 0 fully saturated rings. The second-order valence-electron chi connectivity index (χ2n) is 11.5. The maximum atomic E-state index is 7.34. The SMILES string of the molecule is CCc1nn(-c2ccc(C)cc2)c2c1C1(Oc3ccccc3-2)c2ccc(N(C)CC)cc2-c2cc(N(C)CC)ccc21. The zero-order chi connectivity index (χ0) is 29.2. The molecule has 1 aromatic heterocycles. The Morgan fingerprint density at radius 2 is 1.33 bits per heavy atom. The highest BCUT2D eigenvalue weighted by Gasteiger charge is 2.54. The molecule has 212 valence electrons. The second kappa shape index (κ2) is 9.80. The van der Waals surface area contributed by atoms with Crippen LogP contribution in [-0.2, 0) is 12.0 Å². The van der Waals surface area contributed by atoms with Gasteiger partial charge >= 0.3 is 0 Å². The Hall–Kier alpha value is -4.51. The standard InChI is InChI=1S/C37H38N4O/c1-7-33-35-36(41(38-33)25-16-14-24(4)15-17-25)28-12-10-11-13-34(28)42-37(35)31-20-18-26(39(5)8-2)22-29(31)30-23-27(40(6)9-3)19-21-32(30)37/h10-23H,7-9H2,1-6H3. The van der Waals surface area contributed by atoms with E-state index in [0.717, 1.165) is 53.5 Å². The average molecular weight is 555 g/mol. The van der Waals surface area contributed by atoms with E-state index in [0.29, 0.717) is 0 Å². The van der Waals surface area contributed by atoms with Gasteiger partial charge in [0.2, 0.25) is 0 Å². The molecule has 5 aromatic rings. The minimum Gasteiger partial charge on any atom is -0.472 e. The maximum Gasteiger partial charge on any atom is 0.189 e. The molecule has 0 saturated carbocycles. The van der Waals surface area contributed by atoms with Gasteiger partial charge in [0.25, 0.3) is 0 Å². The van der Waals surface area contributed by atoms with Crippen molar-refractivity contribution in [3.05, 3.63) is 113 Å². The van der Waals surface area contributed by atoms with E-state index in [4.69, 9.17) is 9.84 Å². The molecule has 42 heavy (non-hydrogen) atoms. The lowest BCUT2D eigenvalue weighted by atomic mass is 9.78. The van der Waals surface area contributed by atoms with Crippen LogP contribution >= 0.6 is 0 Å². The normalized spacial score (nSPS) is 13.7. The van der Waals surface area contributed by atoms with E-state index in [1.54, 1.807) is 0 Å². The van der Waals surface area contributed by atoms with Crippen molar-refractivity contribution in [3.63, 3.8) is 0 Å². The van der Waals surface area contributed by atoms with Crippen LogP contribution < -0.4 is 14.5 Å². The molecule has 7 rings (SSSR count). The highest BCUT2D eigenvalue weighted by Crippen LogP contribution is 2.60. The van der Waals surface area contributed by atoms with Gasteiger partial charge in [-0.05, 0) is 86.8 Å². The van der Waals surface area contributed by atoms with Crippen molar-refractivity contribution in [2.24, 2.45) is 0 Å². The van der Waals surface area contributed by atoms with Gasteiger partial charge in [-0.2, -0.15) is 5.10 Å². The van der Waals surface area contributed by atoms with Crippen LogP contribution in [0.4, 0.5) is 11.4 Å². The van der Waals surface area contributed by atoms with E-state index in [-0.39, 0.29) is 0 Å². The summed E-state index contributed by atoms with van der Waals surface area (Å²) in [5.74, 6) is 0.879. The molecule has 0 saturated heterocycles. The lowest BCUT2D eigenvalue weighted by Crippen LogP contribution is -2.37. The number of hydrogen-bond donors (Lipinski definition) is 0. The summed E-state index contributed by atoms with van der Waals surface area (Å²) in [4.78, 5) is 4.59. The molecule has 5 nitrogen and oxygen atoms in total. The van der Waals surface area contributed by atoms with Crippen LogP contribution in [0.3, 0.4) is 0 Å². The number of rotatable bonds is 6. The van der Waals surface area contributed by atoms with Gasteiger partial charge in [0.1, 0.15) is 5.75 Å². The molecule has 0 amide bonds. The number of fused-ring (bicyclic) bond motifs is 9. The molecule has 1 aliphatic carbocycles. The minimum absolute atomic E-state index is 0.798. The van der Waals surface area contributed by atoms with Gasteiger partial charge in [-0.25, -0.2) is 4.68 Å². The van der Waals surface area contributed by atoms with Crippen molar-refractivity contribution < 1.29 is 4.74 Å². The summed E-state index contributed by atoms with van der Waals surface area (Å²) in [7, 11) is 4.31. The predicted octanol–water partition coefficient (Wildman–Crippen LogP) is 7.99. The molecule has 0 unspecified atom stereocenters. The Bertz CT molecular complexity index is 1760. The van der Waals surface area contributed by atoms with Gasteiger partial charge < -0.3 is 14.5 Å². The van der Waals surface area contributed by atoms with Crippen LogP contribution in [0.2, 0.25) is 0 Å². The van der Waals surface area contributed by atoms with Gasteiger partial charge in [-0.15, -0.1) is 0 Å². The van der Waals surface area contributed by atoms with Crippen molar-refractivity contribution in [2.75, 3.05) is 37.0 Å². The fraction of sp³-hybridized carbons (Fsp3) is 0.270. The van der Waals surface area contributed by atoms with E-state index in [9.17, 15) is 0 Å². The number of para-hydroxylation sites is 1. The number of ether oxygens (including phenoxy) is 1. The molecule has 5 heteroatoms. The predicted molar refractivity (Wildman–Crippen MR) is 173 cm³/mol. The summed E-state index contributed by atoms with van der Waals surface area (Å²) in [5.41, 5.74) is 13.1. The summed E-state index contributed by atoms with van der Waals surface area (Å²) in [6.45, 7) is 10.6. The van der Waals surface area contributed by atoms with E-state index >= 15 is 0 Å². The highest BCUT2D eigenvalue weighted by atomic mass is 16.5. The molecule has 2 heterocycles. The first-order valence-electron chi connectivity index (χ1n) is 15.1. The number of benzene rings is 4. The third-order valence-electron chi connectivity index (χ3n) is 9.21. The van der Waals surface area contributed by atoms with Gasteiger partial charge in [0, 0.05) is 55.2 Å².